The fourth-order valence-corrected chi connectivity index (χ4v) is 3.94. The van der Waals surface area contributed by atoms with E-state index in [4.69, 9.17) is 4.74 Å². The number of hydrogen-bond donors (Lipinski definition) is 2. The Morgan fingerprint density at radius 2 is 1.85 bits per heavy atom. The van der Waals surface area contributed by atoms with E-state index >= 15 is 0 Å². The number of fused-ring (bicyclic) bond motifs is 1. The minimum Gasteiger partial charge on any atom is -0.481 e. The number of carbonyl (C=O) groups is 1. The molecular weight excluding hydrogens is 428 g/mol. The van der Waals surface area contributed by atoms with Gasteiger partial charge in [-0.3, -0.25) is 9.78 Å². The molecule has 174 valence electrons. The second-order valence-electron chi connectivity index (χ2n) is 8.20. The maximum Gasteiger partial charge on any atom is 0.251 e. The molecule has 8 nitrogen and oxygen atoms in total. The SMILES string of the molecule is CNC(=O)c1ccnc2c(C(C)[C@H](C)CNc3cc(-c4ccnc(OC)c4)ncn3)cccc12. The third-order valence-corrected chi connectivity index (χ3v) is 6.13. The summed E-state index contributed by atoms with van der Waals surface area (Å²) in [6, 6.07) is 13.4. The number of rotatable bonds is 8. The molecule has 8 heteroatoms. The smallest absolute Gasteiger partial charge is 0.251 e. The molecule has 3 aromatic heterocycles. The molecule has 0 aliphatic rings. The van der Waals surface area contributed by atoms with Crippen LogP contribution < -0.4 is 15.4 Å². The van der Waals surface area contributed by atoms with Gasteiger partial charge >= 0.3 is 0 Å². The number of nitrogens with zero attached hydrogens (tertiary/aromatic N) is 4. The van der Waals surface area contributed by atoms with Gasteiger partial charge in [-0.05, 0) is 29.5 Å². The molecule has 0 spiro atoms. The lowest BCUT2D eigenvalue weighted by molar-refractivity contribution is 0.0964. The average Bonchev–Trinajstić information content (AvgIpc) is 2.90. The maximum absolute atomic E-state index is 12.3. The minimum absolute atomic E-state index is 0.113. The monoisotopic (exact) mass is 456 g/mol. The van der Waals surface area contributed by atoms with Crippen molar-refractivity contribution in [1.29, 1.82) is 0 Å². The second-order valence-corrected chi connectivity index (χ2v) is 8.20. The highest BCUT2D eigenvalue weighted by molar-refractivity contribution is 6.06. The summed E-state index contributed by atoms with van der Waals surface area (Å²) in [5.41, 5.74) is 4.31. The highest BCUT2D eigenvalue weighted by Crippen LogP contribution is 2.31. The molecule has 0 radical (unpaired) electrons. The number of carbonyl (C=O) groups excluding carboxylic acids is 1. The summed E-state index contributed by atoms with van der Waals surface area (Å²) in [7, 11) is 3.23. The third kappa shape index (κ3) is 4.80. The highest BCUT2D eigenvalue weighted by Gasteiger charge is 2.19. The number of aromatic nitrogens is 4. The van der Waals surface area contributed by atoms with Crippen LogP contribution in [0.3, 0.4) is 0 Å². The first kappa shape index (κ1) is 23.1. The fourth-order valence-electron chi connectivity index (χ4n) is 3.94. The molecular formula is C26H28N6O2. The van der Waals surface area contributed by atoms with Gasteiger partial charge in [-0.15, -0.1) is 0 Å². The molecule has 2 atom stereocenters. The van der Waals surface area contributed by atoms with Gasteiger partial charge in [0.1, 0.15) is 12.1 Å². The number of benzene rings is 1. The Morgan fingerprint density at radius 1 is 1.03 bits per heavy atom. The Morgan fingerprint density at radius 3 is 2.65 bits per heavy atom. The number of hydrogen-bond acceptors (Lipinski definition) is 7. The largest absolute Gasteiger partial charge is 0.481 e. The highest BCUT2D eigenvalue weighted by atomic mass is 16.5. The molecule has 4 rings (SSSR count). The van der Waals surface area contributed by atoms with E-state index in [1.807, 2.05) is 30.3 Å². The van der Waals surface area contributed by atoms with Crippen LogP contribution in [-0.2, 0) is 0 Å². The first-order valence-electron chi connectivity index (χ1n) is 11.2. The van der Waals surface area contributed by atoms with Gasteiger partial charge in [0.25, 0.3) is 5.91 Å². The molecule has 34 heavy (non-hydrogen) atoms. The van der Waals surface area contributed by atoms with Crippen molar-refractivity contribution in [2.24, 2.45) is 5.92 Å². The number of nitrogens with one attached hydrogen (secondary N) is 2. The molecule has 0 fully saturated rings. The van der Waals surface area contributed by atoms with Gasteiger partial charge in [0, 0.05) is 49.1 Å². The third-order valence-electron chi connectivity index (χ3n) is 6.13. The van der Waals surface area contributed by atoms with E-state index in [9.17, 15) is 4.79 Å². The Kier molecular flexibility index (Phi) is 6.96. The van der Waals surface area contributed by atoms with E-state index < -0.39 is 0 Å². The summed E-state index contributed by atoms with van der Waals surface area (Å²) in [6.07, 6.45) is 4.94. The van der Waals surface area contributed by atoms with Crippen molar-refractivity contribution in [3.8, 4) is 17.1 Å². The van der Waals surface area contributed by atoms with Crippen molar-refractivity contribution in [1.82, 2.24) is 25.3 Å². The Bertz CT molecular complexity index is 1310. The van der Waals surface area contributed by atoms with Crippen LogP contribution in [0, 0.1) is 5.92 Å². The second kappa shape index (κ2) is 10.2. The summed E-state index contributed by atoms with van der Waals surface area (Å²) in [5.74, 6) is 1.65. The normalized spacial score (nSPS) is 12.7. The molecule has 2 N–H and O–H groups in total. The van der Waals surface area contributed by atoms with Crippen LogP contribution in [0.4, 0.5) is 5.82 Å². The molecule has 1 aromatic carbocycles. The van der Waals surface area contributed by atoms with Crippen LogP contribution in [0.15, 0.2) is 61.2 Å². The van der Waals surface area contributed by atoms with Crippen LogP contribution >= 0.6 is 0 Å². The molecule has 0 bridgehead atoms. The Hall–Kier alpha value is -4.07. The molecule has 0 aliphatic carbocycles. The molecule has 3 heterocycles. The van der Waals surface area contributed by atoms with Crippen LogP contribution in [-0.4, -0.2) is 46.5 Å². The lowest BCUT2D eigenvalue weighted by atomic mass is 9.87. The lowest BCUT2D eigenvalue weighted by Crippen LogP contribution is -2.19. The standard InChI is InChI=1S/C26H28N6O2/c1-16(14-30-23-13-22(31-15-32-23)18-8-10-28-24(12-18)34-4)17(2)19-6-5-7-20-21(26(33)27-3)9-11-29-25(19)20/h5-13,15-17H,14H2,1-4H3,(H,27,33)(H,30,31,32)/t16-,17?/m1/s1. The quantitative estimate of drug-likeness (QED) is 0.407. The molecule has 1 unspecified atom stereocenters. The first-order valence-corrected chi connectivity index (χ1v) is 11.2. The van der Waals surface area contributed by atoms with Crippen LogP contribution in [0.1, 0.15) is 35.7 Å². The average molecular weight is 457 g/mol. The summed E-state index contributed by atoms with van der Waals surface area (Å²) >= 11 is 0. The van der Waals surface area contributed by atoms with Crippen molar-refractivity contribution in [3.63, 3.8) is 0 Å². The summed E-state index contributed by atoms with van der Waals surface area (Å²) in [5, 5.41) is 7.01. The maximum atomic E-state index is 12.3. The predicted octanol–water partition coefficient (Wildman–Crippen LogP) is 4.31. The zero-order valence-electron chi connectivity index (χ0n) is 19.7. The van der Waals surface area contributed by atoms with Gasteiger partial charge in [-0.25, -0.2) is 15.0 Å². The van der Waals surface area contributed by atoms with Crippen molar-refractivity contribution >= 4 is 22.6 Å². The first-order chi connectivity index (χ1) is 16.5. The van der Waals surface area contributed by atoms with E-state index in [0.717, 1.165) is 33.5 Å². The van der Waals surface area contributed by atoms with Gasteiger partial charge in [0.2, 0.25) is 5.88 Å². The number of ether oxygens (including phenoxy) is 1. The van der Waals surface area contributed by atoms with Crippen molar-refractivity contribution in [3.05, 3.63) is 72.3 Å². The number of para-hydroxylation sites is 1. The Balaban J connectivity index is 1.51. The van der Waals surface area contributed by atoms with Crippen molar-refractivity contribution in [2.45, 2.75) is 19.8 Å². The summed E-state index contributed by atoms with van der Waals surface area (Å²) in [6.45, 7) is 5.09. The molecule has 0 aliphatic heterocycles. The van der Waals surface area contributed by atoms with E-state index in [-0.39, 0.29) is 17.7 Å². The van der Waals surface area contributed by atoms with Crippen molar-refractivity contribution in [2.75, 3.05) is 26.0 Å². The minimum atomic E-state index is -0.113. The lowest BCUT2D eigenvalue weighted by Gasteiger charge is -2.22. The van der Waals surface area contributed by atoms with E-state index in [1.165, 1.54) is 0 Å². The zero-order chi connectivity index (χ0) is 24.1. The van der Waals surface area contributed by atoms with Gasteiger partial charge < -0.3 is 15.4 Å². The molecule has 0 saturated heterocycles. The number of anilines is 1. The van der Waals surface area contributed by atoms with Gasteiger partial charge in [-0.1, -0.05) is 32.0 Å². The van der Waals surface area contributed by atoms with Gasteiger partial charge in [0.05, 0.1) is 23.9 Å². The Labute approximate surface area is 198 Å². The predicted molar refractivity (Wildman–Crippen MR) is 133 cm³/mol. The summed E-state index contributed by atoms with van der Waals surface area (Å²) < 4.78 is 5.21. The van der Waals surface area contributed by atoms with E-state index in [0.29, 0.717) is 18.0 Å². The number of amides is 1. The van der Waals surface area contributed by atoms with Crippen LogP contribution in [0.25, 0.3) is 22.2 Å². The topological polar surface area (TPSA) is 102 Å². The number of methoxy groups -OCH3 is 1. The fraction of sp³-hybridized carbons (Fsp3) is 0.269. The van der Waals surface area contributed by atoms with Crippen molar-refractivity contribution < 1.29 is 9.53 Å². The van der Waals surface area contributed by atoms with Gasteiger partial charge in [0.15, 0.2) is 0 Å². The van der Waals surface area contributed by atoms with E-state index in [1.54, 1.807) is 38.9 Å². The van der Waals surface area contributed by atoms with Crippen LogP contribution in [0.2, 0.25) is 0 Å². The van der Waals surface area contributed by atoms with E-state index in [2.05, 4.69) is 50.5 Å². The summed E-state index contributed by atoms with van der Waals surface area (Å²) in [4.78, 5) is 29.8. The molecule has 0 saturated carbocycles. The zero-order valence-corrected chi connectivity index (χ0v) is 19.7. The molecule has 4 aromatic rings. The number of pyridine rings is 2. The van der Waals surface area contributed by atoms with Crippen LogP contribution in [0.5, 0.6) is 5.88 Å². The van der Waals surface area contributed by atoms with Gasteiger partial charge in [-0.2, -0.15) is 0 Å². The molecule has 1 amide bonds.